The third kappa shape index (κ3) is 2.99. The summed E-state index contributed by atoms with van der Waals surface area (Å²) in [5, 5.41) is 3.39. The number of benzene rings is 2. The van der Waals surface area contributed by atoms with Gasteiger partial charge < -0.3 is 10.1 Å². The van der Waals surface area contributed by atoms with Crippen molar-refractivity contribution in [3.63, 3.8) is 0 Å². The molecule has 2 aromatic carbocycles. The normalized spacial score (nSPS) is 14.3. The highest BCUT2D eigenvalue weighted by molar-refractivity contribution is 5.41. The van der Waals surface area contributed by atoms with Crippen LogP contribution in [0, 0.1) is 12.7 Å². The summed E-state index contributed by atoms with van der Waals surface area (Å²) >= 11 is 0. The van der Waals surface area contributed by atoms with Gasteiger partial charge in [-0.15, -0.1) is 0 Å². The third-order valence-electron chi connectivity index (χ3n) is 3.51. The Hall–Kier alpha value is -1.87. The van der Waals surface area contributed by atoms with Gasteiger partial charge in [0.25, 0.3) is 0 Å². The van der Waals surface area contributed by atoms with E-state index in [0.29, 0.717) is 24.1 Å². The van der Waals surface area contributed by atoms with Gasteiger partial charge in [-0.1, -0.05) is 30.3 Å². The van der Waals surface area contributed by atoms with Crippen molar-refractivity contribution in [2.24, 2.45) is 0 Å². The summed E-state index contributed by atoms with van der Waals surface area (Å²) in [6, 6.07) is 13.3. The monoisotopic (exact) mass is 271 g/mol. The van der Waals surface area contributed by atoms with Gasteiger partial charge in [-0.25, -0.2) is 4.39 Å². The van der Waals surface area contributed by atoms with E-state index in [-0.39, 0.29) is 5.82 Å². The van der Waals surface area contributed by atoms with Crippen LogP contribution in [0.1, 0.15) is 24.0 Å². The molecule has 1 fully saturated rings. The smallest absolute Gasteiger partial charge is 0.167 e. The van der Waals surface area contributed by atoms with Crippen LogP contribution in [0.2, 0.25) is 0 Å². The summed E-state index contributed by atoms with van der Waals surface area (Å²) in [5.74, 6) is 0.712. The van der Waals surface area contributed by atoms with E-state index in [0.717, 1.165) is 11.1 Å². The molecule has 0 unspecified atom stereocenters. The topological polar surface area (TPSA) is 21.3 Å². The maximum absolute atomic E-state index is 14.1. The third-order valence-corrected chi connectivity index (χ3v) is 3.51. The van der Waals surface area contributed by atoms with Crippen molar-refractivity contribution in [3.05, 3.63) is 59.4 Å². The predicted octanol–water partition coefficient (Wildman–Crippen LogP) is 4.18. The SMILES string of the molecule is Cc1ccccc1Oc1c(F)cccc1CNC1CC1. The van der Waals surface area contributed by atoms with Crippen LogP contribution in [0.25, 0.3) is 0 Å². The van der Waals surface area contributed by atoms with Crippen LogP contribution < -0.4 is 10.1 Å². The van der Waals surface area contributed by atoms with Crippen molar-refractivity contribution in [1.29, 1.82) is 0 Å². The highest BCUT2D eigenvalue weighted by Crippen LogP contribution is 2.31. The molecule has 1 saturated carbocycles. The number of para-hydroxylation sites is 2. The minimum absolute atomic E-state index is 0.316. The van der Waals surface area contributed by atoms with Crippen LogP contribution in [0.3, 0.4) is 0 Å². The quantitative estimate of drug-likeness (QED) is 0.881. The lowest BCUT2D eigenvalue weighted by Gasteiger charge is -2.14. The minimum Gasteiger partial charge on any atom is -0.454 e. The van der Waals surface area contributed by atoms with Gasteiger partial charge in [0.05, 0.1) is 0 Å². The minimum atomic E-state index is -0.316. The van der Waals surface area contributed by atoms with Crippen LogP contribution >= 0.6 is 0 Å². The molecule has 3 rings (SSSR count). The Labute approximate surface area is 118 Å². The molecule has 0 aromatic heterocycles. The first-order chi connectivity index (χ1) is 9.74. The molecule has 1 aliphatic rings. The molecule has 3 heteroatoms. The molecule has 0 heterocycles. The molecule has 0 aliphatic heterocycles. The second-order valence-electron chi connectivity index (χ2n) is 5.25. The molecule has 0 atom stereocenters. The maximum atomic E-state index is 14.1. The van der Waals surface area contributed by atoms with E-state index in [1.807, 2.05) is 37.3 Å². The Bertz CT molecular complexity index is 608. The van der Waals surface area contributed by atoms with E-state index in [9.17, 15) is 4.39 Å². The van der Waals surface area contributed by atoms with Gasteiger partial charge in [0.15, 0.2) is 11.6 Å². The number of hydrogen-bond donors (Lipinski definition) is 1. The van der Waals surface area contributed by atoms with E-state index in [1.54, 1.807) is 6.07 Å². The summed E-state index contributed by atoms with van der Waals surface area (Å²) in [4.78, 5) is 0. The van der Waals surface area contributed by atoms with Crippen molar-refractivity contribution in [1.82, 2.24) is 5.32 Å². The first kappa shape index (κ1) is 13.1. The lowest BCUT2D eigenvalue weighted by Crippen LogP contribution is -2.16. The molecule has 0 bridgehead atoms. The molecule has 2 nitrogen and oxygen atoms in total. The molecule has 1 N–H and O–H groups in total. The Morgan fingerprint density at radius 1 is 1.15 bits per heavy atom. The van der Waals surface area contributed by atoms with E-state index in [2.05, 4.69) is 5.32 Å². The number of rotatable bonds is 5. The van der Waals surface area contributed by atoms with Crippen LogP contribution in [0.15, 0.2) is 42.5 Å². The van der Waals surface area contributed by atoms with Crippen molar-refractivity contribution in [2.75, 3.05) is 0 Å². The highest BCUT2D eigenvalue weighted by atomic mass is 19.1. The van der Waals surface area contributed by atoms with Gasteiger partial charge in [-0.3, -0.25) is 0 Å². The lowest BCUT2D eigenvalue weighted by atomic mass is 10.1. The summed E-state index contributed by atoms with van der Waals surface area (Å²) in [7, 11) is 0. The number of halogens is 1. The van der Waals surface area contributed by atoms with Gasteiger partial charge in [0, 0.05) is 18.2 Å². The fourth-order valence-corrected chi connectivity index (χ4v) is 2.13. The van der Waals surface area contributed by atoms with Crippen molar-refractivity contribution in [3.8, 4) is 11.5 Å². The van der Waals surface area contributed by atoms with Crippen molar-refractivity contribution >= 4 is 0 Å². The molecule has 0 radical (unpaired) electrons. The first-order valence-electron chi connectivity index (χ1n) is 6.98. The lowest BCUT2D eigenvalue weighted by molar-refractivity contribution is 0.431. The molecule has 104 valence electrons. The number of aryl methyl sites for hydroxylation is 1. The van der Waals surface area contributed by atoms with E-state index in [1.165, 1.54) is 18.9 Å². The fourth-order valence-electron chi connectivity index (χ4n) is 2.13. The average Bonchev–Trinajstić information content (AvgIpc) is 3.26. The van der Waals surface area contributed by atoms with Gasteiger partial charge in [-0.05, 0) is 37.5 Å². The van der Waals surface area contributed by atoms with Crippen LogP contribution in [0.4, 0.5) is 4.39 Å². The second-order valence-corrected chi connectivity index (χ2v) is 5.25. The van der Waals surface area contributed by atoms with Crippen LogP contribution in [0.5, 0.6) is 11.5 Å². The van der Waals surface area contributed by atoms with Gasteiger partial charge in [0.2, 0.25) is 0 Å². The number of ether oxygens (including phenoxy) is 1. The maximum Gasteiger partial charge on any atom is 0.167 e. The molecular formula is C17H18FNO. The number of hydrogen-bond acceptors (Lipinski definition) is 2. The van der Waals surface area contributed by atoms with Crippen molar-refractivity contribution < 1.29 is 9.13 Å². The van der Waals surface area contributed by atoms with Crippen molar-refractivity contribution in [2.45, 2.75) is 32.4 Å². The molecule has 1 aliphatic carbocycles. The Morgan fingerprint density at radius 3 is 2.70 bits per heavy atom. The second kappa shape index (κ2) is 5.63. The van der Waals surface area contributed by atoms with Gasteiger partial charge in [-0.2, -0.15) is 0 Å². The van der Waals surface area contributed by atoms with E-state index in [4.69, 9.17) is 4.74 Å². The zero-order valence-corrected chi connectivity index (χ0v) is 11.5. The van der Waals surface area contributed by atoms with Crippen LogP contribution in [-0.4, -0.2) is 6.04 Å². The Balaban J connectivity index is 1.85. The fraction of sp³-hybridized carbons (Fsp3) is 0.294. The van der Waals surface area contributed by atoms with E-state index >= 15 is 0 Å². The molecule has 0 amide bonds. The summed E-state index contributed by atoms with van der Waals surface area (Å²) in [6.45, 7) is 2.60. The van der Waals surface area contributed by atoms with E-state index < -0.39 is 0 Å². The average molecular weight is 271 g/mol. The Morgan fingerprint density at radius 2 is 1.95 bits per heavy atom. The number of nitrogens with one attached hydrogen (secondary N) is 1. The zero-order valence-electron chi connectivity index (χ0n) is 11.5. The largest absolute Gasteiger partial charge is 0.454 e. The predicted molar refractivity (Wildman–Crippen MR) is 77.5 cm³/mol. The Kier molecular flexibility index (Phi) is 3.70. The summed E-state index contributed by atoms with van der Waals surface area (Å²) < 4.78 is 19.9. The molecule has 20 heavy (non-hydrogen) atoms. The van der Waals surface area contributed by atoms with Gasteiger partial charge in [0.1, 0.15) is 5.75 Å². The highest BCUT2D eigenvalue weighted by Gasteiger charge is 2.21. The van der Waals surface area contributed by atoms with Crippen LogP contribution in [-0.2, 0) is 6.54 Å². The first-order valence-corrected chi connectivity index (χ1v) is 6.98. The molecule has 2 aromatic rings. The molecule has 0 spiro atoms. The van der Waals surface area contributed by atoms with Gasteiger partial charge >= 0.3 is 0 Å². The standard InChI is InChI=1S/C17H18FNO/c1-12-5-2-3-8-16(12)20-17-13(6-4-7-15(17)18)11-19-14-9-10-14/h2-8,14,19H,9-11H2,1H3. The zero-order chi connectivity index (χ0) is 13.9. The molecule has 0 saturated heterocycles. The summed E-state index contributed by atoms with van der Waals surface area (Å²) in [5.41, 5.74) is 1.86. The molecular weight excluding hydrogens is 253 g/mol. The summed E-state index contributed by atoms with van der Waals surface area (Å²) in [6.07, 6.45) is 2.42.